The minimum Gasteiger partial charge on any atom is -0.461 e. The number of carbonyl (C=O) groups excluding carboxylic acids is 3. The van der Waals surface area contributed by atoms with Crippen LogP contribution in [-0.4, -0.2) is 123 Å². The minimum atomic E-state index is -1.70. The lowest BCUT2D eigenvalue weighted by atomic mass is 9.42. The molecule has 6 aliphatic rings. The lowest BCUT2D eigenvalue weighted by Gasteiger charge is -2.70. The quantitative estimate of drug-likeness (QED) is 0.233. The van der Waals surface area contributed by atoms with Crippen LogP contribution in [0.4, 0.5) is 5.69 Å². The van der Waals surface area contributed by atoms with E-state index >= 15 is 0 Å². The first-order valence-electron chi connectivity index (χ1n) is 18.0. The molecule has 5 aliphatic carbocycles. The highest BCUT2D eigenvalue weighted by molar-refractivity contribution is 6.02. The molecule has 0 unspecified atom stereocenters. The van der Waals surface area contributed by atoms with Crippen LogP contribution in [-0.2, 0) is 33.3 Å². The SMILES string of the molecule is CCN1C[C@@]2(COC(=O)c3ccccc3NC(=O)[C@H](C)CC(N)=O)CC[C@H](OC)[C@@]34[C@@H]5C[C@@H]6[C@H](OC)[C@@H]5[C@@](O)(C[C@H]6OC)[C@@](O)([C@@H](OC)[C@H]23)[C@@H]14. The Hall–Kier alpha value is -2.65. The molecule has 0 radical (unpaired) electrons. The first kappa shape index (κ1) is 35.7. The Morgan fingerprint density at radius 1 is 1.08 bits per heavy atom. The minimum absolute atomic E-state index is 0.0402. The van der Waals surface area contributed by atoms with Gasteiger partial charge in [0.25, 0.3) is 0 Å². The van der Waals surface area contributed by atoms with Crippen molar-refractivity contribution in [3.63, 3.8) is 0 Å². The van der Waals surface area contributed by atoms with E-state index in [1.807, 2.05) is 0 Å². The van der Waals surface area contributed by atoms with E-state index in [4.69, 9.17) is 29.4 Å². The fourth-order valence-electron chi connectivity index (χ4n) is 12.7. The summed E-state index contributed by atoms with van der Waals surface area (Å²) in [5.41, 5.74) is 1.21. The van der Waals surface area contributed by atoms with Crippen molar-refractivity contribution in [3.8, 4) is 0 Å². The third-order valence-corrected chi connectivity index (χ3v) is 14.2. The molecule has 1 aliphatic heterocycles. The van der Waals surface area contributed by atoms with E-state index in [9.17, 15) is 24.6 Å². The third kappa shape index (κ3) is 4.46. The number of carbonyl (C=O) groups is 3. The van der Waals surface area contributed by atoms with Gasteiger partial charge in [0.1, 0.15) is 11.2 Å². The Morgan fingerprint density at radius 2 is 1.82 bits per heavy atom. The van der Waals surface area contributed by atoms with Crippen LogP contribution in [0.5, 0.6) is 0 Å². The fraction of sp³-hybridized carbons (Fsp3) is 0.757. The Balaban J connectivity index is 1.29. The number of ether oxygens (including phenoxy) is 5. The molecule has 2 amide bonds. The van der Waals surface area contributed by atoms with Crippen molar-refractivity contribution in [2.75, 3.05) is 53.5 Å². The van der Waals surface area contributed by atoms with Gasteiger partial charge in [-0.2, -0.15) is 0 Å². The van der Waals surface area contributed by atoms with Crippen molar-refractivity contribution >= 4 is 23.5 Å². The van der Waals surface area contributed by atoms with Crippen LogP contribution in [0.1, 0.15) is 56.3 Å². The number of primary amides is 1. The number of nitrogens with two attached hydrogens (primary N) is 1. The van der Waals surface area contributed by atoms with Gasteiger partial charge in [-0.1, -0.05) is 26.0 Å². The van der Waals surface area contributed by atoms with Gasteiger partial charge >= 0.3 is 5.97 Å². The van der Waals surface area contributed by atoms with E-state index in [2.05, 4.69) is 17.1 Å². The van der Waals surface area contributed by atoms with Crippen molar-refractivity contribution in [3.05, 3.63) is 29.8 Å². The van der Waals surface area contributed by atoms with E-state index in [-0.39, 0.29) is 72.7 Å². The molecule has 1 heterocycles. The van der Waals surface area contributed by atoms with E-state index in [1.165, 1.54) is 0 Å². The monoisotopic (exact) mass is 699 g/mol. The van der Waals surface area contributed by atoms with Gasteiger partial charge in [-0.3, -0.25) is 14.5 Å². The van der Waals surface area contributed by atoms with Crippen molar-refractivity contribution < 1.29 is 48.3 Å². The molecule has 0 aromatic heterocycles. The molecule has 1 spiro atoms. The number of benzene rings is 1. The first-order valence-corrected chi connectivity index (χ1v) is 18.0. The largest absolute Gasteiger partial charge is 0.461 e. The predicted molar refractivity (Wildman–Crippen MR) is 180 cm³/mol. The number of likely N-dealkylation sites (N-methyl/N-ethyl adjacent to an activating group) is 1. The van der Waals surface area contributed by atoms with Crippen LogP contribution in [0.15, 0.2) is 24.3 Å². The standard InChI is InChI=1S/C37H53N3O10/c1-7-40-17-34(18-50-32(43)20-10-8-9-11-23(20)39-31(42)19(2)14-26(38)41)13-12-25(47-4)36-22-15-21-24(46-3)16-35(44,27(22)28(21)48-5)37(45,33(36)40)30(49-6)29(34)36/h8-11,19,21-22,24-25,27-30,33,44-45H,7,12-18H2,1-6H3,(H2,38,41)(H,39,42)/t19-,21+,22-,24-,25+,27-,28+,29-,30+,33+,34-,35+,36+,37-/m1/s1. The molecule has 14 atom stereocenters. The maximum atomic E-state index is 14.0. The molecule has 13 nitrogen and oxygen atoms in total. The van der Waals surface area contributed by atoms with Gasteiger partial charge in [-0.15, -0.1) is 0 Å². The number of rotatable bonds is 12. The average Bonchev–Trinajstić information content (AvgIpc) is 3.52. The maximum absolute atomic E-state index is 14.0. The molecular weight excluding hydrogens is 646 g/mol. The highest BCUT2D eigenvalue weighted by Gasteiger charge is 2.91. The summed E-state index contributed by atoms with van der Waals surface area (Å²) in [7, 11) is 6.69. The Morgan fingerprint density at radius 3 is 2.46 bits per heavy atom. The van der Waals surface area contributed by atoms with Gasteiger partial charge in [-0.25, -0.2) is 4.79 Å². The van der Waals surface area contributed by atoms with Crippen molar-refractivity contribution in [2.24, 2.45) is 46.2 Å². The van der Waals surface area contributed by atoms with Gasteiger partial charge in [0.05, 0.1) is 48.3 Å². The summed E-state index contributed by atoms with van der Waals surface area (Å²) < 4.78 is 31.3. The second kappa shape index (κ2) is 12.5. The summed E-state index contributed by atoms with van der Waals surface area (Å²) in [6.07, 6.45) is 0.586. The summed E-state index contributed by atoms with van der Waals surface area (Å²) in [5.74, 6) is -3.02. The van der Waals surface area contributed by atoms with Gasteiger partial charge in [0, 0.05) is 82.3 Å². The smallest absolute Gasteiger partial charge is 0.340 e. The maximum Gasteiger partial charge on any atom is 0.340 e. The Bertz CT molecular complexity index is 1530. The number of nitrogens with zero attached hydrogens (tertiary/aromatic N) is 1. The molecule has 276 valence electrons. The molecular formula is C37H53N3O10. The summed E-state index contributed by atoms with van der Waals surface area (Å²) in [6.45, 7) is 4.84. The fourth-order valence-corrected chi connectivity index (χ4v) is 12.7. The summed E-state index contributed by atoms with van der Waals surface area (Å²) in [5, 5.41) is 29.3. The number of likely N-dealkylation sites (tertiary alicyclic amines) is 1. The van der Waals surface area contributed by atoms with Crippen molar-refractivity contribution in [1.82, 2.24) is 4.90 Å². The van der Waals surface area contributed by atoms with Crippen LogP contribution < -0.4 is 11.1 Å². The number of hydrogen-bond acceptors (Lipinski definition) is 11. The molecule has 1 aromatic rings. The van der Waals surface area contributed by atoms with Crippen LogP contribution in [0, 0.1) is 40.4 Å². The molecule has 7 bridgehead atoms. The Kier molecular flexibility index (Phi) is 8.93. The van der Waals surface area contributed by atoms with Crippen LogP contribution >= 0.6 is 0 Å². The number of piperidine rings is 1. The predicted octanol–water partition coefficient (Wildman–Crippen LogP) is 1.59. The third-order valence-electron chi connectivity index (χ3n) is 14.2. The number of hydrogen-bond donors (Lipinski definition) is 4. The second-order valence-corrected chi connectivity index (χ2v) is 15.9. The lowest BCUT2D eigenvalue weighted by molar-refractivity contribution is -0.320. The number of para-hydroxylation sites is 1. The first-order chi connectivity index (χ1) is 23.8. The number of amides is 2. The van der Waals surface area contributed by atoms with E-state index in [0.717, 1.165) is 6.42 Å². The highest BCUT2D eigenvalue weighted by Crippen LogP contribution is 2.80. The highest BCUT2D eigenvalue weighted by atomic mass is 16.5. The number of anilines is 1. The second-order valence-electron chi connectivity index (χ2n) is 15.9. The number of methoxy groups -OCH3 is 4. The van der Waals surface area contributed by atoms with Crippen molar-refractivity contribution in [2.45, 2.75) is 87.6 Å². The van der Waals surface area contributed by atoms with Gasteiger partial charge < -0.3 is 44.9 Å². The zero-order valence-electron chi connectivity index (χ0n) is 29.9. The van der Waals surface area contributed by atoms with Crippen LogP contribution in [0.25, 0.3) is 0 Å². The molecule has 5 saturated carbocycles. The van der Waals surface area contributed by atoms with Crippen LogP contribution in [0.3, 0.4) is 0 Å². The molecule has 50 heavy (non-hydrogen) atoms. The van der Waals surface area contributed by atoms with Gasteiger partial charge in [-0.05, 0) is 43.9 Å². The Labute approximate surface area is 293 Å². The number of fused-ring (bicyclic) bond motifs is 2. The molecule has 1 saturated heterocycles. The lowest BCUT2D eigenvalue weighted by Crippen LogP contribution is -2.82. The average molecular weight is 700 g/mol. The molecule has 5 N–H and O–H groups in total. The molecule has 1 aromatic carbocycles. The van der Waals surface area contributed by atoms with E-state index in [0.29, 0.717) is 25.9 Å². The van der Waals surface area contributed by atoms with Gasteiger partial charge in [0.15, 0.2) is 0 Å². The van der Waals surface area contributed by atoms with E-state index in [1.54, 1.807) is 59.6 Å². The number of aliphatic hydroxyl groups is 2. The van der Waals surface area contributed by atoms with Gasteiger partial charge in [0.2, 0.25) is 11.8 Å². The number of nitrogens with one attached hydrogen (secondary N) is 1. The molecule has 6 fully saturated rings. The van der Waals surface area contributed by atoms with Crippen molar-refractivity contribution in [1.29, 1.82) is 0 Å². The zero-order chi connectivity index (χ0) is 36.0. The summed E-state index contributed by atoms with van der Waals surface area (Å²) in [4.78, 5) is 40.5. The molecule has 7 rings (SSSR count). The summed E-state index contributed by atoms with van der Waals surface area (Å²) in [6, 6.07) is 6.16. The molecule has 13 heteroatoms. The zero-order valence-corrected chi connectivity index (χ0v) is 29.9. The normalized spacial score (nSPS) is 44.4. The van der Waals surface area contributed by atoms with Crippen LogP contribution in [0.2, 0.25) is 0 Å². The van der Waals surface area contributed by atoms with E-state index < -0.39 is 57.9 Å². The topological polar surface area (TPSA) is 179 Å². The summed E-state index contributed by atoms with van der Waals surface area (Å²) >= 11 is 0. The number of esters is 1.